The minimum Gasteiger partial charge on any atom is -0.494 e. The molecule has 1 unspecified atom stereocenters. The van der Waals surface area contributed by atoms with Crippen molar-refractivity contribution in [1.82, 2.24) is 20.1 Å². The Morgan fingerprint density at radius 1 is 1.33 bits per heavy atom. The Kier molecular flexibility index (Phi) is 5.82. The van der Waals surface area contributed by atoms with Gasteiger partial charge >= 0.3 is 0 Å². The van der Waals surface area contributed by atoms with Crippen LogP contribution >= 0.6 is 0 Å². The zero-order valence-corrected chi connectivity index (χ0v) is 21.2. The molecule has 5 rings (SSSR count). The fraction of sp³-hybridized carbons (Fsp3) is 0.360. The first-order valence-electron chi connectivity index (χ1n) is 11.7. The lowest BCUT2D eigenvalue weighted by Gasteiger charge is -2.35. The van der Waals surface area contributed by atoms with Crippen molar-refractivity contribution in [3.8, 4) is 11.6 Å². The summed E-state index contributed by atoms with van der Waals surface area (Å²) in [6, 6.07) is 9.57. The Labute approximate surface area is 209 Å². The van der Waals surface area contributed by atoms with E-state index < -0.39 is 26.9 Å². The minimum atomic E-state index is -3.07. The highest BCUT2D eigenvalue weighted by Gasteiger charge is 2.46. The third-order valence-corrected chi connectivity index (χ3v) is 7.32. The van der Waals surface area contributed by atoms with Crippen LogP contribution in [0.25, 0.3) is 5.82 Å². The molecule has 1 aliphatic carbocycles. The SMILES string of the molecule is CCOc1ccc2c(c1)CC[C@]21Cc2nn(-c3ccc(C)cn3)c(NC(=O)CS(C)(=N)=O)c2C(=O)N1. The van der Waals surface area contributed by atoms with E-state index in [0.29, 0.717) is 24.5 Å². The highest BCUT2D eigenvalue weighted by atomic mass is 32.2. The Balaban J connectivity index is 1.58. The van der Waals surface area contributed by atoms with E-state index in [4.69, 9.17) is 14.6 Å². The van der Waals surface area contributed by atoms with Crippen LogP contribution in [0, 0.1) is 11.7 Å². The number of rotatable bonds is 6. The van der Waals surface area contributed by atoms with E-state index in [9.17, 15) is 13.8 Å². The van der Waals surface area contributed by atoms with Gasteiger partial charge in [0, 0.05) is 18.9 Å². The second-order valence-electron chi connectivity index (χ2n) is 9.44. The molecule has 0 saturated heterocycles. The number of pyridine rings is 1. The highest BCUT2D eigenvalue weighted by Crippen LogP contribution is 2.44. The summed E-state index contributed by atoms with van der Waals surface area (Å²) in [5.74, 6) is -0.0745. The smallest absolute Gasteiger partial charge is 0.257 e. The third kappa shape index (κ3) is 4.34. The summed E-state index contributed by atoms with van der Waals surface area (Å²) in [7, 11) is -3.07. The lowest BCUT2D eigenvalue weighted by molar-refractivity contribution is -0.113. The van der Waals surface area contributed by atoms with Gasteiger partial charge in [-0.05, 0) is 61.6 Å². The Morgan fingerprint density at radius 2 is 2.14 bits per heavy atom. The van der Waals surface area contributed by atoms with Gasteiger partial charge in [0.2, 0.25) is 5.91 Å². The fourth-order valence-corrected chi connectivity index (χ4v) is 5.59. The minimum absolute atomic E-state index is 0.160. The van der Waals surface area contributed by atoms with Crippen LogP contribution in [-0.4, -0.2) is 49.4 Å². The molecule has 11 heteroatoms. The largest absolute Gasteiger partial charge is 0.494 e. The summed E-state index contributed by atoms with van der Waals surface area (Å²) >= 11 is 0. The molecule has 0 fully saturated rings. The van der Waals surface area contributed by atoms with Crippen LogP contribution in [0.4, 0.5) is 5.82 Å². The van der Waals surface area contributed by atoms with Crippen LogP contribution in [0.1, 0.15) is 46.1 Å². The number of anilines is 1. The number of hydrogen-bond donors (Lipinski definition) is 3. The summed E-state index contributed by atoms with van der Waals surface area (Å²) in [5.41, 5.74) is 3.31. The first-order chi connectivity index (χ1) is 17.1. The molecule has 2 aliphatic rings. The molecule has 3 heterocycles. The topological polar surface area (TPSA) is 139 Å². The van der Waals surface area contributed by atoms with Crippen LogP contribution in [0.2, 0.25) is 0 Å². The average molecular weight is 509 g/mol. The number of carbonyl (C=O) groups is 2. The molecule has 10 nitrogen and oxygen atoms in total. The van der Waals surface area contributed by atoms with Gasteiger partial charge in [-0.3, -0.25) is 14.4 Å². The molecule has 1 aromatic carbocycles. The Hall–Kier alpha value is -3.73. The molecular weight excluding hydrogens is 480 g/mol. The molecule has 2 atom stereocenters. The normalized spacial score (nSPS) is 19.8. The van der Waals surface area contributed by atoms with Crippen LogP contribution < -0.4 is 15.4 Å². The molecule has 1 aliphatic heterocycles. The van der Waals surface area contributed by atoms with Gasteiger partial charge in [-0.2, -0.15) is 9.78 Å². The number of ether oxygens (including phenoxy) is 1. The van der Waals surface area contributed by atoms with Crippen molar-refractivity contribution >= 4 is 27.4 Å². The summed E-state index contributed by atoms with van der Waals surface area (Å²) in [6.07, 6.45) is 4.84. The maximum Gasteiger partial charge on any atom is 0.257 e. The maximum absolute atomic E-state index is 13.6. The summed E-state index contributed by atoms with van der Waals surface area (Å²) < 4.78 is 26.6. The molecule has 3 N–H and O–H groups in total. The van der Waals surface area contributed by atoms with E-state index in [1.165, 1.54) is 10.9 Å². The molecule has 0 saturated carbocycles. The van der Waals surface area contributed by atoms with Crippen molar-refractivity contribution in [3.63, 3.8) is 0 Å². The van der Waals surface area contributed by atoms with Crippen LogP contribution in [-0.2, 0) is 32.9 Å². The van der Waals surface area contributed by atoms with Gasteiger partial charge in [0.25, 0.3) is 5.91 Å². The molecule has 0 radical (unpaired) electrons. The predicted molar refractivity (Wildman–Crippen MR) is 135 cm³/mol. The van der Waals surface area contributed by atoms with Gasteiger partial charge in [-0.25, -0.2) is 9.19 Å². The number of carbonyl (C=O) groups excluding carboxylic acids is 2. The zero-order chi connectivity index (χ0) is 25.7. The average Bonchev–Trinajstić information content (AvgIpc) is 3.32. The predicted octanol–water partition coefficient (Wildman–Crippen LogP) is 2.72. The number of amides is 2. The molecule has 0 bridgehead atoms. The molecule has 1 spiro atoms. The lowest BCUT2D eigenvalue weighted by Crippen LogP contribution is -2.49. The van der Waals surface area contributed by atoms with Crippen LogP contribution in [0.3, 0.4) is 0 Å². The first-order valence-corrected chi connectivity index (χ1v) is 13.9. The summed E-state index contributed by atoms with van der Waals surface area (Å²) in [5, 5.41) is 10.6. The molecule has 188 valence electrons. The lowest BCUT2D eigenvalue weighted by atomic mass is 9.82. The van der Waals surface area contributed by atoms with Gasteiger partial charge in [0.1, 0.15) is 17.1 Å². The molecule has 2 amide bonds. The van der Waals surface area contributed by atoms with Gasteiger partial charge in [-0.1, -0.05) is 12.1 Å². The van der Waals surface area contributed by atoms with Crippen LogP contribution in [0.5, 0.6) is 5.75 Å². The van der Waals surface area contributed by atoms with E-state index in [1.54, 1.807) is 12.3 Å². The van der Waals surface area contributed by atoms with E-state index in [1.807, 2.05) is 38.1 Å². The number of benzene rings is 1. The number of aromatic nitrogens is 3. The second kappa shape index (κ2) is 8.74. The van der Waals surface area contributed by atoms with Crippen molar-refractivity contribution < 1.29 is 18.5 Å². The van der Waals surface area contributed by atoms with Gasteiger partial charge in [-0.15, -0.1) is 0 Å². The number of nitrogens with zero attached hydrogens (tertiary/aromatic N) is 3. The van der Waals surface area contributed by atoms with Gasteiger partial charge in [0.05, 0.1) is 27.6 Å². The fourth-order valence-electron chi connectivity index (χ4n) is 5.02. The zero-order valence-electron chi connectivity index (χ0n) is 20.4. The van der Waals surface area contributed by atoms with Crippen molar-refractivity contribution in [3.05, 3.63) is 64.5 Å². The van der Waals surface area contributed by atoms with Crippen molar-refractivity contribution in [1.29, 1.82) is 4.78 Å². The Morgan fingerprint density at radius 3 is 2.83 bits per heavy atom. The first kappa shape index (κ1) is 24.0. The van der Waals surface area contributed by atoms with Crippen molar-refractivity contribution in [2.45, 2.75) is 38.6 Å². The molecular formula is C25H28N6O4S. The number of hydrogen-bond acceptors (Lipinski definition) is 7. The molecule has 3 aromatic rings. The highest BCUT2D eigenvalue weighted by molar-refractivity contribution is 7.92. The van der Waals surface area contributed by atoms with E-state index >= 15 is 0 Å². The molecule has 2 aromatic heterocycles. The van der Waals surface area contributed by atoms with E-state index in [0.717, 1.165) is 35.3 Å². The number of nitrogens with one attached hydrogen (secondary N) is 3. The van der Waals surface area contributed by atoms with E-state index in [-0.39, 0.29) is 17.3 Å². The quantitative estimate of drug-likeness (QED) is 0.468. The maximum atomic E-state index is 13.6. The summed E-state index contributed by atoms with van der Waals surface area (Å²) in [6.45, 7) is 4.43. The Bertz CT molecular complexity index is 1480. The number of fused-ring (bicyclic) bond motifs is 3. The molecule has 36 heavy (non-hydrogen) atoms. The van der Waals surface area contributed by atoms with Crippen LogP contribution in [0.15, 0.2) is 36.5 Å². The van der Waals surface area contributed by atoms with Crippen molar-refractivity contribution in [2.75, 3.05) is 23.9 Å². The van der Waals surface area contributed by atoms with Gasteiger partial charge in [0.15, 0.2) is 11.6 Å². The second-order valence-corrected chi connectivity index (χ2v) is 11.7. The van der Waals surface area contributed by atoms with Gasteiger partial charge < -0.3 is 15.4 Å². The third-order valence-electron chi connectivity index (χ3n) is 6.51. The van der Waals surface area contributed by atoms with E-state index in [2.05, 4.69) is 15.6 Å². The van der Waals surface area contributed by atoms with Crippen molar-refractivity contribution in [2.24, 2.45) is 0 Å². The summed E-state index contributed by atoms with van der Waals surface area (Å²) in [4.78, 5) is 30.6. The number of aryl methyl sites for hydroxylation is 2. The standard InChI is InChI=1S/C25H28N6O4S/c1-4-35-17-6-7-18-16(11-17)9-10-25(18)12-19-22(24(33)29-25)23(28-21(32)14-36(3,26)34)31(30-19)20-8-5-15(2)13-27-20/h5-8,11,13,26H,4,9-10,12,14H2,1-3H3,(H,28,32)(H,29,33)/t25-,36?/m0/s1. The monoisotopic (exact) mass is 508 g/mol.